The van der Waals surface area contributed by atoms with Crippen LogP contribution < -0.4 is 0 Å². The fourth-order valence-corrected chi connectivity index (χ4v) is 2.61. The molecular formula is C16H14ClN3O. The number of pyridine rings is 1. The van der Waals surface area contributed by atoms with Crippen molar-refractivity contribution in [2.45, 2.75) is 19.9 Å². The molecule has 0 saturated heterocycles. The van der Waals surface area contributed by atoms with E-state index in [2.05, 4.69) is 10.1 Å². The highest BCUT2D eigenvalue weighted by Gasteiger charge is 2.21. The Morgan fingerprint density at radius 3 is 2.90 bits per heavy atom. The second-order valence-corrected chi connectivity index (χ2v) is 5.18. The third kappa shape index (κ3) is 2.43. The number of para-hydroxylation sites is 1. The van der Waals surface area contributed by atoms with E-state index < -0.39 is 0 Å². The van der Waals surface area contributed by atoms with Gasteiger partial charge < -0.3 is 0 Å². The summed E-state index contributed by atoms with van der Waals surface area (Å²) in [4.78, 5) is 17.2. The summed E-state index contributed by atoms with van der Waals surface area (Å²) in [7, 11) is 0. The Morgan fingerprint density at radius 1 is 1.29 bits per heavy atom. The van der Waals surface area contributed by atoms with Crippen LogP contribution in [0.3, 0.4) is 0 Å². The molecule has 0 aliphatic heterocycles. The maximum atomic E-state index is 12.9. The van der Waals surface area contributed by atoms with Crippen LogP contribution in [0.5, 0.6) is 0 Å². The molecule has 1 aromatic carbocycles. The predicted octanol–water partition coefficient (Wildman–Crippen LogP) is 3.73. The van der Waals surface area contributed by atoms with Crippen LogP contribution >= 0.6 is 11.6 Å². The number of hydrogen-bond donors (Lipinski definition) is 0. The Morgan fingerprint density at radius 2 is 2.10 bits per heavy atom. The second-order valence-electron chi connectivity index (χ2n) is 4.77. The number of fused-ring (bicyclic) bond motifs is 1. The summed E-state index contributed by atoms with van der Waals surface area (Å²) in [5, 5.41) is 5.48. The van der Waals surface area contributed by atoms with Gasteiger partial charge in [-0.05, 0) is 18.6 Å². The molecule has 0 radical (unpaired) electrons. The summed E-state index contributed by atoms with van der Waals surface area (Å²) >= 11 is 6.15. The van der Waals surface area contributed by atoms with Crippen LogP contribution in [0.2, 0.25) is 5.02 Å². The minimum Gasteiger partial charge on any atom is -0.287 e. The topological polar surface area (TPSA) is 47.8 Å². The van der Waals surface area contributed by atoms with Gasteiger partial charge in [0.1, 0.15) is 5.69 Å². The normalized spacial score (nSPS) is 11.0. The maximum Gasteiger partial charge on any atom is 0.214 e. The molecule has 0 amide bonds. The summed E-state index contributed by atoms with van der Waals surface area (Å²) in [6.45, 7) is 2.69. The van der Waals surface area contributed by atoms with Crippen molar-refractivity contribution in [1.82, 2.24) is 14.8 Å². The number of ketones is 1. The third-order valence-electron chi connectivity index (χ3n) is 3.32. The van der Waals surface area contributed by atoms with Gasteiger partial charge >= 0.3 is 0 Å². The first-order valence-corrected chi connectivity index (χ1v) is 7.20. The molecule has 0 aliphatic rings. The minimum absolute atomic E-state index is 0.143. The van der Waals surface area contributed by atoms with Gasteiger partial charge in [-0.25, -0.2) is 0 Å². The molecule has 21 heavy (non-hydrogen) atoms. The van der Waals surface area contributed by atoms with Crippen molar-refractivity contribution < 1.29 is 4.79 Å². The van der Waals surface area contributed by atoms with Crippen LogP contribution in [0.4, 0.5) is 0 Å². The van der Waals surface area contributed by atoms with Crippen LogP contribution in [-0.2, 0) is 6.54 Å². The second kappa shape index (κ2) is 5.66. The lowest BCUT2D eigenvalue weighted by atomic mass is 10.0. The van der Waals surface area contributed by atoms with Gasteiger partial charge in [0.15, 0.2) is 0 Å². The van der Waals surface area contributed by atoms with Crippen molar-refractivity contribution in [2.24, 2.45) is 0 Å². The van der Waals surface area contributed by atoms with Crippen molar-refractivity contribution in [1.29, 1.82) is 0 Å². The Balaban J connectivity index is 2.15. The number of carbonyl (C=O) groups is 1. The van der Waals surface area contributed by atoms with Crippen molar-refractivity contribution in [3.8, 4) is 0 Å². The zero-order chi connectivity index (χ0) is 14.8. The van der Waals surface area contributed by atoms with E-state index in [4.69, 9.17) is 11.6 Å². The van der Waals surface area contributed by atoms with Crippen LogP contribution in [-0.4, -0.2) is 20.5 Å². The molecule has 0 atom stereocenters. The fraction of sp³-hybridized carbons (Fsp3) is 0.188. The summed E-state index contributed by atoms with van der Waals surface area (Å²) in [6, 6.07) is 9.35. The molecule has 2 aromatic heterocycles. The first-order valence-electron chi connectivity index (χ1n) is 6.82. The summed E-state index contributed by atoms with van der Waals surface area (Å²) in [5.74, 6) is -0.143. The molecule has 5 heteroatoms. The van der Waals surface area contributed by atoms with Gasteiger partial charge in [-0.3, -0.25) is 14.5 Å². The van der Waals surface area contributed by atoms with Crippen LogP contribution in [0, 0.1) is 0 Å². The molecule has 3 rings (SSSR count). The zero-order valence-corrected chi connectivity index (χ0v) is 12.3. The van der Waals surface area contributed by atoms with E-state index in [9.17, 15) is 4.79 Å². The number of halogens is 1. The minimum atomic E-state index is -0.143. The van der Waals surface area contributed by atoms with Gasteiger partial charge in [0, 0.05) is 18.1 Å². The molecule has 106 valence electrons. The van der Waals surface area contributed by atoms with Crippen LogP contribution in [0.1, 0.15) is 29.4 Å². The molecule has 0 unspecified atom stereocenters. The highest BCUT2D eigenvalue weighted by molar-refractivity contribution is 6.35. The number of aromatic nitrogens is 3. The number of rotatable bonds is 4. The lowest BCUT2D eigenvalue weighted by Gasteiger charge is -2.08. The Hall–Kier alpha value is -2.20. The van der Waals surface area contributed by atoms with E-state index in [0.29, 0.717) is 28.3 Å². The van der Waals surface area contributed by atoms with E-state index in [1.807, 2.05) is 31.2 Å². The van der Waals surface area contributed by atoms with Crippen molar-refractivity contribution in [3.63, 3.8) is 0 Å². The Labute approximate surface area is 127 Å². The standard InChI is InChI=1S/C16H14ClN3O/c1-2-9-20-15(13(17)10-19-20)16(21)12-7-3-5-11-6-4-8-18-14(11)12/h3-8,10H,2,9H2,1H3. The van der Waals surface area contributed by atoms with Crippen molar-refractivity contribution >= 4 is 28.3 Å². The van der Waals surface area contributed by atoms with Crippen molar-refractivity contribution in [3.05, 3.63) is 59.0 Å². The van der Waals surface area contributed by atoms with E-state index in [1.54, 1.807) is 16.9 Å². The lowest BCUT2D eigenvalue weighted by molar-refractivity contribution is 0.103. The Bertz CT molecular complexity index is 805. The van der Waals surface area contributed by atoms with E-state index >= 15 is 0 Å². The maximum absolute atomic E-state index is 12.9. The first kappa shape index (κ1) is 13.8. The third-order valence-corrected chi connectivity index (χ3v) is 3.60. The van der Waals surface area contributed by atoms with Gasteiger partial charge in [0.25, 0.3) is 0 Å². The molecule has 0 saturated carbocycles. The molecule has 0 spiro atoms. The van der Waals surface area contributed by atoms with E-state index in [-0.39, 0.29) is 5.78 Å². The highest BCUT2D eigenvalue weighted by Crippen LogP contribution is 2.23. The largest absolute Gasteiger partial charge is 0.287 e. The number of carbonyl (C=O) groups excluding carboxylic acids is 1. The lowest BCUT2D eigenvalue weighted by Crippen LogP contribution is -2.12. The molecule has 2 heterocycles. The quantitative estimate of drug-likeness (QED) is 0.690. The van der Waals surface area contributed by atoms with Gasteiger partial charge in [-0.1, -0.05) is 36.7 Å². The molecular weight excluding hydrogens is 286 g/mol. The summed E-state index contributed by atoms with van der Waals surface area (Å²) in [6.07, 6.45) is 4.08. The number of hydrogen-bond acceptors (Lipinski definition) is 3. The number of aryl methyl sites for hydroxylation is 1. The highest BCUT2D eigenvalue weighted by atomic mass is 35.5. The van der Waals surface area contributed by atoms with E-state index in [0.717, 1.165) is 11.8 Å². The smallest absolute Gasteiger partial charge is 0.214 e. The molecule has 0 aliphatic carbocycles. The summed E-state index contributed by atoms with van der Waals surface area (Å²) < 4.78 is 1.66. The fourth-order valence-electron chi connectivity index (χ4n) is 2.38. The average Bonchev–Trinajstić information content (AvgIpc) is 2.87. The van der Waals surface area contributed by atoms with Gasteiger partial charge in [-0.15, -0.1) is 0 Å². The first-order chi connectivity index (χ1) is 10.2. The molecule has 4 nitrogen and oxygen atoms in total. The van der Waals surface area contributed by atoms with Gasteiger partial charge in [0.2, 0.25) is 5.78 Å². The predicted molar refractivity (Wildman–Crippen MR) is 82.7 cm³/mol. The monoisotopic (exact) mass is 299 g/mol. The molecule has 0 fully saturated rings. The average molecular weight is 300 g/mol. The number of nitrogens with zero attached hydrogens (tertiary/aromatic N) is 3. The van der Waals surface area contributed by atoms with Gasteiger partial charge in [-0.2, -0.15) is 5.10 Å². The van der Waals surface area contributed by atoms with Crippen LogP contribution in [0.15, 0.2) is 42.7 Å². The SMILES string of the molecule is CCCn1ncc(Cl)c1C(=O)c1cccc2cccnc12. The zero-order valence-electron chi connectivity index (χ0n) is 11.6. The van der Waals surface area contributed by atoms with Crippen LogP contribution in [0.25, 0.3) is 10.9 Å². The molecule has 0 bridgehead atoms. The number of benzene rings is 1. The van der Waals surface area contributed by atoms with Gasteiger partial charge in [0.05, 0.1) is 22.3 Å². The van der Waals surface area contributed by atoms with Crippen molar-refractivity contribution in [2.75, 3.05) is 0 Å². The molecule has 0 N–H and O–H groups in total. The van der Waals surface area contributed by atoms with E-state index in [1.165, 1.54) is 6.20 Å². The summed E-state index contributed by atoms with van der Waals surface area (Å²) in [5.41, 5.74) is 1.66. The molecule has 3 aromatic rings. The Kier molecular flexibility index (Phi) is 3.71.